The lowest BCUT2D eigenvalue weighted by atomic mass is 10.1. The molecule has 2 heterocycles. The van der Waals surface area contributed by atoms with Crippen LogP contribution in [0.25, 0.3) is 10.8 Å². The van der Waals surface area contributed by atoms with E-state index in [9.17, 15) is 4.79 Å². The van der Waals surface area contributed by atoms with E-state index in [1.54, 1.807) is 26.4 Å². The van der Waals surface area contributed by atoms with Crippen LogP contribution in [0, 0.1) is 13.8 Å². The number of aromatic nitrogens is 3. The molecule has 0 aliphatic heterocycles. The molecule has 0 fully saturated rings. The molecule has 8 nitrogen and oxygen atoms in total. The van der Waals surface area contributed by atoms with Crippen molar-refractivity contribution in [1.29, 1.82) is 0 Å². The monoisotopic (exact) mass is 445 g/mol. The Morgan fingerprint density at radius 2 is 1.73 bits per heavy atom. The molecule has 0 radical (unpaired) electrons. The summed E-state index contributed by atoms with van der Waals surface area (Å²) in [5.41, 5.74) is 4.51. The minimum absolute atomic E-state index is 0.226. The van der Waals surface area contributed by atoms with Gasteiger partial charge in [-0.25, -0.2) is 4.98 Å². The molecule has 0 spiro atoms. The van der Waals surface area contributed by atoms with E-state index in [1.807, 2.05) is 62.1 Å². The van der Waals surface area contributed by atoms with Crippen molar-refractivity contribution in [1.82, 2.24) is 14.8 Å². The third-order valence-electron chi connectivity index (χ3n) is 5.73. The highest BCUT2D eigenvalue weighted by Gasteiger charge is 2.12. The molecule has 170 valence electrons. The van der Waals surface area contributed by atoms with Crippen LogP contribution < -0.4 is 20.1 Å². The molecule has 0 atom stereocenters. The summed E-state index contributed by atoms with van der Waals surface area (Å²) in [5, 5.41) is 12.3. The van der Waals surface area contributed by atoms with Crippen LogP contribution in [0.15, 0.2) is 48.7 Å². The van der Waals surface area contributed by atoms with Crippen LogP contribution in [0.4, 0.5) is 11.5 Å². The van der Waals surface area contributed by atoms with E-state index in [0.29, 0.717) is 29.4 Å². The molecule has 0 saturated heterocycles. The van der Waals surface area contributed by atoms with Gasteiger partial charge in [0, 0.05) is 47.2 Å². The number of ether oxygens (including phenoxy) is 2. The number of carbonyl (C=O) groups excluding carboxylic acids is 1. The van der Waals surface area contributed by atoms with Crippen molar-refractivity contribution >= 4 is 28.2 Å². The fourth-order valence-electron chi connectivity index (χ4n) is 3.65. The quantitative estimate of drug-likeness (QED) is 0.436. The highest BCUT2D eigenvalue weighted by atomic mass is 16.5. The predicted octanol–water partition coefficient (Wildman–Crippen LogP) is 4.47. The average Bonchev–Trinajstić information content (AvgIpc) is 3.14. The molecule has 2 N–H and O–H groups in total. The summed E-state index contributed by atoms with van der Waals surface area (Å²) in [4.78, 5) is 17.3. The first-order chi connectivity index (χ1) is 15.9. The lowest BCUT2D eigenvalue weighted by molar-refractivity contribution is 0.102. The van der Waals surface area contributed by atoms with Crippen molar-refractivity contribution in [3.8, 4) is 11.5 Å². The van der Waals surface area contributed by atoms with Gasteiger partial charge >= 0.3 is 0 Å². The van der Waals surface area contributed by atoms with Crippen molar-refractivity contribution in [2.75, 3.05) is 24.9 Å². The second kappa shape index (κ2) is 9.20. The second-order valence-corrected chi connectivity index (χ2v) is 7.79. The summed E-state index contributed by atoms with van der Waals surface area (Å²) >= 11 is 0. The molecule has 1 amide bonds. The Labute approximate surface area is 192 Å². The molecule has 2 aromatic heterocycles. The first kappa shape index (κ1) is 22.1. The molecule has 0 aliphatic rings. The Hall–Kier alpha value is -4.07. The highest BCUT2D eigenvalue weighted by molar-refractivity contribution is 6.05. The molecule has 2 aromatic carbocycles. The summed E-state index contributed by atoms with van der Waals surface area (Å²) in [6.45, 7) is 4.60. The molecule has 0 saturated carbocycles. The molecular weight excluding hydrogens is 418 g/mol. The van der Waals surface area contributed by atoms with Crippen molar-refractivity contribution in [3.63, 3.8) is 0 Å². The largest absolute Gasteiger partial charge is 0.493 e. The molecule has 0 unspecified atom stereocenters. The number of methoxy groups -OCH3 is 2. The van der Waals surface area contributed by atoms with E-state index in [0.717, 1.165) is 33.4 Å². The topological polar surface area (TPSA) is 90.3 Å². The van der Waals surface area contributed by atoms with E-state index in [1.165, 1.54) is 0 Å². The fourth-order valence-corrected chi connectivity index (χ4v) is 3.65. The molecule has 0 aliphatic carbocycles. The minimum Gasteiger partial charge on any atom is -0.493 e. The van der Waals surface area contributed by atoms with Gasteiger partial charge in [-0.15, -0.1) is 0 Å². The molecule has 8 heteroatoms. The smallest absolute Gasteiger partial charge is 0.256 e. The molecular formula is C25H27N5O3. The molecule has 33 heavy (non-hydrogen) atoms. The predicted molar refractivity (Wildman–Crippen MR) is 129 cm³/mol. The van der Waals surface area contributed by atoms with Crippen LogP contribution in [0.5, 0.6) is 11.5 Å². The second-order valence-electron chi connectivity index (χ2n) is 7.79. The summed E-state index contributed by atoms with van der Waals surface area (Å²) in [6.07, 6.45) is 1.86. The summed E-state index contributed by atoms with van der Waals surface area (Å²) in [6, 6.07) is 12.9. The van der Waals surface area contributed by atoms with Crippen LogP contribution in [-0.2, 0) is 13.6 Å². The third-order valence-corrected chi connectivity index (χ3v) is 5.73. The zero-order valence-electron chi connectivity index (χ0n) is 19.4. The van der Waals surface area contributed by atoms with Gasteiger partial charge in [-0.05, 0) is 61.7 Å². The summed E-state index contributed by atoms with van der Waals surface area (Å²) < 4.78 is 12.6. The van der Waals surface area contributed by atoms with Crippen molar-refractivity contribution in [3.05, 3.63) is 71.2 Å². The number of rotatable bonds is 7. The fraction of sp³-hybridized carbons (Fsp3) is 0.240. The number of anilines is 2. The van der Waals surface area contributed by atoms with Gasteiger partial charge in [0.1, 0.15) is 5.82 Å². The van der Waals surface area contributed by atoms with Gasteiger partial charge in [0.15, 0.2) is 11.5 Å². The van der Waals surface area contributed by atoms with Gasteiger partial charge < -0.3 is 20.1 Å². The maximum atomic E-state index is 12.8. The van der Waals surface area contributed by atoms with Gasteiger partial charge in [-0.3, -0.25) is 9.48 Å². The zero-order chi connectivity index (χ0) is 23.5. The number of amides is 1. The summed E-state index contributed by atoms with van der Waals surface area (Å²) in [7, 11) is 5.12. The minimum atomic E-state index is -0.226. The van der Waals surface area contributed by atoms with Gasteiger partial charge in [0.2, 0.25) is 0 Å². The Morgan fingerprint density at radius 1 is 1.03 bits per heavy atom. The number of carbonyl (C=O) groups is 1. The lowest BCUT2D eigenvalue weighted by Crippen LogP contribution is -2.13. The Balaban J connectivity index is 1.47. The van der Waals surface area contributed by atoms with Gasteiger partial charge in [-0.1, -0.05) is 0 Å². The Kier molecular flexibility index (Phi) is 6.17. The Morgan fingerprint density at radius 3 is 2.36 bits per heavy atom. The van der Waals surface area contributed by atoms with Crippen LogP contribution in [-0.4, -0.2) is 34.9 Å². The maximum Gasteiger partial charge on any atom is 0.256 e. The zero-order valence-corrected chi connectivity index (χ0v) is 19.4. The van der Waals surface area contributed by atoms with E-state index in [-0.39, 0.29) is 5.91 Å². The van der Waals surface area contributed by atoms with Crippen molar-refractivity contribution < 1.29 is 14.3 Å². The maximum absolute atomic E-state index is 12.8. The van der Waals surface area contributed by atoms with E-state index < -0.39 is 0 Å². The van der Waals surface area contributed by atoms with Crippen LogP contribution in [0.2, 0.25) is 0 Å². The van der Waals surface area contributed by atoms with Gasteiger partial charge in [0.05, 0.1) is 20.4 Å². The SMILES string of the molecule is COc1cc2cc(NC(=O)c3ccc(NCc4cnn(C)c4C)cc3)nc(C)c2cc1OC. The number of hydrogen-bond acceptors (Lipinski definition) is 6. The standard InChI is InChI=1S/C25H27N5O3/c1-15-21-12-23(33-5)22(32-4)10-18(21)11-24(28-15)29-25(31)17-6-8-20(9-7-17)26-13-19-14-27-30(3)16(19)2/h6-12,14,26H,13H2,1-5H3,(H,28,29,31). The van der Waals surface area contributed by atoms with E-state index >= 15 is 0 Å². The van der Waals surface area contributed by atoms with Crippen LogP contribution in [0.1, 0.15) is 27.3 Å². The van der Waals surface area contributed by atoms with Gasteiger partial charge in [-0.2, -0.15) is 5.10 Å². The normalized spacial score (nSPS) is 10.8. The number of benzene rings is 2. The first-order valence-electron chi connectivity index (χ1n) is 10.6. The number of fused-ring (bicyclic) bond motifs is 1. The number of aryl methyl sites for hydroxylation is 2. The van der Waals surface area contributed by atoms with Crippen molar-refractivity contribution in [2.45, 2.75) is 20.4 Å². The third kappa shape index (κ3) is 4.59. The number of nitrogens with one attached hydrogen (secondary N) is 2. The summed E-state index contributed by atoms with van der Waals surface area (Å²) in [5.74, 6) is 1.51. The molecule has 4 aromatic rings. The van der Waals surface area contributed by atoms with Crippen LogP contribution in [0.3, 0.4) is 0 Å². The average molecular weight is 446 g/mol. The molecule has 0 bridgehead atoms. The number of hydrogen-bond donors (Lipinski definition) is 2. The first-order valence-corrected chi connectivity index (χ1v) is 10.6. The lowest BCUT2D eigenvalue weighted by Gasteiger charge is -2.12. The van der Waals surface area contributed by atoms with Crippen molar-refractivity contribution in [2.24, 2.45) is 7.05 Å². The van der Waals surface area contributed by atoms with Crippen LogP contribution >= 0.6 is 0 Å². The number of pyridine rings is 1. The van der Waals surface area contributed by atoms with E-state index in [4.69, 9.17) is 9.47 Å². The van der Waals surface area contributed by atoms with E-state index in [2.05, 4.69) is 20.7 Å². The Bertz CT molecular complexity index is 1310. The number of nitrogens with zero attached hydrogens (tertiary/aromatic N) is 3. The highest BCUT2D eigenvalue weighted by Crippen LogP contribution is 2.34. The molecule has 4 rings (SSSR count). The van der Waals surface area contributed by atoms with Gasteiger partial charge in [0.25, 0.3) is 5.91 Å².